The van der Waals surface area contributed by atoms with Gasteiger partial charge in [0.1, 0.15) is 11.9 Å². The molecule has 1 atom stereocenters. The molecule has 0 saturated carbocycles. The van der Waals surface area contributed by atoms with E-state index in [2.05, 4.69) is 5.32 Å². The van der Waals surface area contributed by atoms with E-state index in [1.807, 2.05) is 6.07 Å². The molecule has 1 N–H and O–H groups in total. The minimum absolute atomic E-state index is 0.272. The zero-order valence-electron chi connectivity index (χ0n) is 12.4. The summed E-state index contributed by atoms with van der Waals surface area (Å²) in [5, 5.41) is 3.54. The van der Waals surface area contributed by atoms with Gasteiger partial charge in [-0.2, -0.15) is 0 Å². The highest BCUT2D eigenvalue weighted by Gasteiger charge is 2.23. The summed E-state index contributed by atoms with van der Waals surface area (Å²) in [7, 11) is 1.32. The molecule has 0 bridgehead atoms. The summed E-state index contributed by atoms with van der Waals surface area (Å²) < 4.78 is 18.4. The van der Waals surface area contributed by atoms with Gasteiger partial charge in [0, 0.05) is 11.6 Å². The van der Waals surface area contributed by atoms with Gasteiger partial charge in [0.2, 0.25) is 0 Å². The summed E-state index contributed by atoms with van der Waals surface area (Å²) in [4.78, 5) is 12.0. The number of hydrogen-bond acceptors (Lipinski definition) is 3. The highest BCUT2D eigenvalue weighted by molar-refractivity contribution is 6.31. The first-order chi connectivity index (χ1) is 10.5. The second-order valence-corrected chi connectivity index (χ2v) is 5.35. The van der Waals surface area contributed by atoms with Gasteiger partial charge in [0.05, 0.1) is 7.11 Å². The van der Waals surface area contributed by atoms with Gasteiger partial charge in [-0.3, -0.25) is 5.32 Å². The average Bonchev–Trinajstić information content (AvgIpc) is 2.52. The molecule has 3 nitrogen and oxygen atoms in total. The molecule has 0 radical (unpaired) electrons. The predicted molar refractivity (Wildman–Crippen MR) is 84.2 cm³/mol. The first kappa shape index (κ1) is 16.5. The van der Waals surface area contributed by atoms with Crippen molar-refractivity contribution >= 4 is 17.6 Å². The molecule has 22 heavy (non-hydrogen) atoms. The molecule has 2 rings (SSSR count). The standard InChI is InChI=1S/C17H17ClFNO2/c1-11-7-8-12(9-15(11)19)10-20-16(17(21)22-2)13-5-3-4-6-14(13)18/h3-9,16,20H,10H2,1-2H3. The number of nitrogens with one attached hydrogen (secondary N) is 1. The van der Waals surface area contributed by atoms with Crippen molar-refractivity contribution in [2.45, 2.75) is 19.5 Å². The first-order valence-electron chi connectivity index (χ1n) is 6.83. The summed E-state index contributed by atoms with van der Waals surface area (Å²) in [6, 6.07) is 11.3. The number of ether oxygens (including phenoxy) is 1. The number of esters is 1. The zero-order chi connectivity index (χ0) is 16.1. The number of carbonyl (C=O) groups is 1. The SMILES string of the molecule is COC(=O)C(NCc1ccc(C)c(F)c1)c1ccccc1Cl. The summed E-state index contributed by atoms with van der Waals surface area (Å²) in [5.74, 6) is -0.715. The number of rotatable bonds is 5. The quantitative estimate of drug-likeness (QED) is 0.851. The lowest BCUT2D eigenvalue weighted by Crippen LogP contribution is -2.29. The lowest BCUT2D eigenvalue weighted by Gasteiger charge is -2.18. The fourth-order valence-electron chi connectivity index (χ4n) is 2.11. The Kier molecular flexibility index (Phi) is 5.52. The Morgan fingerprint density at radius 1 is 1.32 bits per heavy atom. The predicted octanol–water partition coefficient (Wildman–Crippen LogP) is 3.79. The second-order valence-electron chi connectivity index (χ2n) is 4.94. The van der Waals surface area contributed by atoms with Gasteiger partial charge in [-0.05, 0) is 35.7 Å². The number of hydrogen-bond donors (Lipinski definition) is 1. The Balaban J connectivity index is 2.19. The Morgan fingerprint density at radius 2 is 2.05 bits per heavy atom. The topological polar surface area (TPSA) is 38.3 Å². The molecule has 0 saturated heterocycles. The van der Waals surface area contributed by atoms with Crippen LogP contribution < -0.4 is 5.32 Å². The lowest BCUT2D eigenvalue weighted by atomic mass is 10.1. The number of aryl methyl sites for hydroxylation is 1. The Bertz CT molecular complexity index is 675. The van der Waals surface area contributed by atoms with Crippen LogP contribution in [0.15, 0.2) is 42.5 Å². The maximum absolute atomic E-state index is 13.6. The lowest BCUT2D eigenvalue weighted by molar-refractivity contribution is -0.143. The van der Waals surface area contributed by atoms with Crippen LogP contribution in [-0.4, -0.2) is 13.1 Å². The van der Waals surface area contributed by atoms with Crippen molar-refractivity contribution in [2.75, 3.05) is 7.11 Å². The summed E-state index contributed by atoms with van der Waals surface area (Å²) in [6.07, 6.45) is 0. The van der Waals surface area contributed by atoms with Gasteiger partial charge in [0.25, 0.3) is 0 Å². The molecular formula is C17H17ClFNO2. The van der Waals surface area contributed by atoms with Gasteiger partial charge in [-0.25, -0.2) is 9.18 Å². The minimum Gasteiger partial charge on any atom is -0.468 e. The van der Waals surface area contributed by atoms with Crippen molar-refractivity contribution in [3.8, 4) is 0 Å². The Labute approximate surface area is 134 Å². The van der Waals surface area contributed by atoms with Crippen LogP contribution in [0, 0.1) is 12.7 Å². The Hall–Kier alpha value is -1.91. The average molecular weight is 322 g/mol. The number of methoxy groups -OCH3 is 1. The van der Waals surface area contributed by atoms with Crippen molar-refractivity contribution in [3.63, 3.8) is 0 Å². The fraction of sp³-hybridized carbons (Fsp3) is 0.235. The van der Waals surface area contributed by atoms with Crippen LogP contribution in [0.25, 0.3) is 0 Å². The van der Waals surface area contributed by atoms with E-state index in [1.165, 1.54) is 13.2 Å². The molecule has 0 aliphatic rings. The molecule has 0 aliphatic carbocycles. The van der Waals surface area contributed by atoms with Crippen LogP contribution in [0.5, 0.6) is 0 Å². The number of benzene rings is 2. The highest BCUT2D eigenvalue weighted by atomic mass is 35.5. The molecule has 0 fully saturated rings. The van der Waals surface area contributed by atoms with Crippen LogP contribution in [-0.2, 0) is 16.1 Å². The molecule has 116 valence electrons. The fourth-order valence-corrected chi connectivity index (χ4v) is 2.36. The van der Waals surface area contributed by atoms with Gasteiger partial charge in [-0.15, -0.1) is 0 Å². The molecular weight excluding hydrogens is 305 g/mol. The van der Waals surface area contributed by atoms with Crippen molar-refractivity contribution in [1.29, 1.82) is 0 Å². The van der Waals surface area contributed by atoms with E-state index in [4.69, 9.17) is 16.3 Å². The van der Waals surface area contributed by atoms with E-state index >= 15 is 0 Å². The van der Waals surface area contributed by atoms with Gasteiger partial charge in [-0.1, -0.05) is 41.9 Å². The van der Waals surface area contributed by atoms with E-state index in [0.717, 1.165) is 5.56 Å². The summed E-state index contributed by atoms with van der Waals surface area (Å²) >= 11 is 6.14. The van der Waals surface area contributed by atoms with Crippen LogP contribution in [0.3, 0.4) is 0 Å². The van der Waals surface area contributed by atoms with Gasteiger partial charge in [0.15, 0.2) is 0 Å². The van der Waals surface area contributed by atoms with E-state index in [9.17, 15) is 9.18 Å². The third kappa shape index (κ3) is 3.84. The first-order valence-corrected chi connectivity index (χ1v) is 7.21. The molecule has 0 amide bonds. The van der Waals surface area contributed by atoms with E-state index in [1.54, 1.807) is 37.3 Å². The number of halogens is 2. The maximum atomic E-state index is 13.6. The monoisotopic (exact) mass is 321 g/mol. The Morgan fingerprint density at radius 3 is 2.68 bits per heavy atom. The van der Waals surface area contributed by atoms with Crippen LogP contribution in [0.2, 0.25) is 5.02 Å². The van der Waals surface area contributed by atoms with E-state index < -0.39 is 12.0 Å². The van der Waals surface area contributed by atoms with E-state index in [0.29, 0.717) is 22.7 Å². The second kappa shape index (κ2) is 7.38. The molecule has 0 spiro atoms. The highest BCUT2D eigenvalue weighted by Crippen LogP contribution is 2.24. The molecule has 0 aliphatic heterocycles. The third-order valence-electron chi connectivity index (χ3n) is 3.40. The van der Waals surface area contributed by atoms with Crippen molar-refractivity contribution in [3.05, 3.63) is 70.0 Å². The molecule has 2 aromatic rings. The van der Waals surface area contributed by atoms with Crippen LogP contribution in [0.4, 0.5) is 4.39 Å². The summed E-state index contributed by atoms with van der Waals surface area (Å²) in [6.45, 7) is 2.02. The van der Waals surface area contributed by atoms with Crippen molar-refractivity contribution in [2.24, 2.45) is 0 Å². The molecule has 1 unspecified atom stereocenters. The molecule has 0 heterocycles. The zero-order valence-corrected chi connectivity index (χ0v) is 13.2. The van der Waals surface area contributed by atoms with Crippen molar-refractivity contribution < 1.29 is 13.9 Å². The number of carbonyl (C=O) groups excluding carboxylic acids is 1. The van der Waals surface area contributed by atoms with Crippen LogP contribution in [0.1, 0.15) is 22.7 Å². The third-order valence-corrected chi connectivity index (χ3v) is 3.74. The van der Waals surface area contributed by atoms with Crippen LogP contribution >= 0.6 is 11.6 Å². The minimum atomic E-state index is -0.705. The molecule has 2 aromatic carbocycles. The summed E-state index contributed by atoms with van der Waals surface area (Å²) in [5.41, 5.74) is 1.95. The molecule has 5 heteroatoms. The maximum Gasteiger partial charge on any atom is 0.327 e. The van der Waals surface area contributed by atoms with Gasteiger partial charge >= 0.3 is 5.97 Å². The smallest absolute Gasteiger partial charge is 0.327 e. The molecule has 0 aromatic heterocycles. The van der Waals surface area contributed by atoms with Gasteiger partial charge < -0.3 is 4.74 Å². The van der Waals surface area contributed by atoms with E-state index in [-0.39, 0.29) is 5.82 Å². The normalized spacial score (nSPS) is 12.0. The van der Waals surface area contributed by atoms with Crippen molar-refractivity contribution in [1.82, 2.24) is 5.32 Å². The largest absolute Gasteiger partial charge is 0.468 e.